The van der Waals surface area contributed by atoms with Gasteiger partial charge in [-0.3, -0.25) is 4.90 Å². The van der Waals surface area contributed by atoms with E-state index in [1.807, 2.05) is 45.0 Å². The van der Waals surface area contributed by atoms with Gasteiger partial charge in [-0.25, -0.2) is 4.79 Å². The van der Waals surface area contributed by atoms with E-state index in [0.717, 1.165) is 11.3 Å². The van der Waals surface area contributed by atoms with Gasteiger partial charge in [-0.1, -0.05) is 18.2 Å². The standard InChI is InChI=1S/C14H17NO3/c1-14(2,3)18-13(16)15-8-11-12(17-11)9-6-4-5-7-10(9)15/h4-7,11-12H,8H2,1-3H3/t11-,12-/m0/s1. The lowest BCUT2D eigenvalue weighted by Gasteiger charge is -2.30. The molecule has 2 atom stereocenters. The molecule has 1 aromatic carbocycles. The molecule has 0 N–H and O–H groups in total. The van der Waals surface area contributed by atoms with Crippen LogP contribution in [0, 0.1) is 0 Å². The molecule has 1 saturated heterocycles. The predicted octanol–water partition coefficient (Wildman–Crippen LogP) is 2.88. The van der Waals surface area contributed by atoms with E-state index >= 15 is 0 Å². The largest absolute Gasteiger partial charge is 0.443 e. The Labute approximate surface area is 106 Å². The van der Waals surface area contributed by atoms with E-state index in [0.29, 0.717) is 6.54 Å². The molecule has 3 rings (SSSR count). The Morgan fingerprint density at radius 3 is 2.83 bits per heavy atom. The number of fused-ring (bicyclic) bond motifs is 3. The van der Waals surface area contributed by atoms with Gasteiger partial charge in [0.05, 0.1) is 12.2 Å². The summed E-state index contributed by atoms with van der Waals surface area (Å²) in [4.78, 5) is 13.9. The number of nitrogens with zero attached hydrogens (tertiary/aromatic N) is 1. The van der Waals surface area contributed by atoms with E-state index in [2.05, 4.69) is 0 Å². The summed E-state index contributed by atoms with van der Waals surface area (Å²) in [6.07, 6.45) is -0.00351. The second-order valence-electron chi connectivity index (χ2n) is 5.74. The number of epoxide rings is 1. The summed E-state index contributed by atoms with van der Waals surface area (Å²) in [7, 11) is 0. The van der Waals surface area contributed by atoms with E-state index in [4.69, 9.17) is 9.47 Å². The van der Waals surface area contributed by atoms with E-state index in [-0.39, 0.29) is 18.3 Å². The van der Waals surface area contributed by atoms with Gasteiger partial charge in [0.15, 0.2) is 0 Å². The molecule has 2 aliphatic rings. The maximum Gasteiger partial charge on any atom is 0.414 e. The minimum absolute atomic E-state index is 0.132. The van der Waals surface area contributed by atoms with Crippen LogP contribution in [0.4, 0.5) is 10.5 Å². The normalized spacial score (nSPS) is 25.2. The zero-order chi connectivity index (χ0) is 12.9. The minimum atomic E-state index is -0.479. The molecule has 4 heteroatoms. The van der Waals surface area contributed by atoms with Gasteiger partial charge in [0, 0.05) is 5.56 Å². The number of ether oxygens (including phenoxy) is 2. The first-order valence-electron chi connectivity index (χ1n) is 6.20. The molecule has 0 radical (unpaired) electrons. The Bertz CT molecular complexity index is 492. The molecule has 4 nitrogen and oxygen atoms in total. The van der Waals surface area contributed by atoms with Crippen LogP contribution in [0.5, 0.6) is 0 Å². The number of amides is 1. The van der Waals surface area contributed by atoms with Crippen LogP contribution in [0.25, 0.3) is 0 Å². The van der Waals surface area contributed by atoms with E-state index in [1.54, 1.807) is 4.90 Å². The van der Waals surface area contributed by atoms with E-state index in [1.165, 1.54) is 0 Å². The topological polar surface area (TPSA) is 42.1 Å². The van der Waals surface area contributed by atoms with Crippen molar-refractivity contribution < 1.29 is 14.3 Å². The molecule has 0 unspecified atom stereocenters. The van der Waals surface area contributed by atoms with Crippen molar-refractivity contribution in [2.24, 2.45) is 0 Å². The lowest BCUT2D eigenvalue weighted by Crippen LogP contribution is -2.41. The fraction of sp³-hybridized carbons (Fsp3) is 0.500. The van der Waals surface area contributed by atoms with Crippen LogP contribution in [-0.2, 0) is 9.47 Å². The van der Waals surface area contributed by atoms with E-state index < -0.39 is 5.60 Å². The number of hydrogen-bond acceptors (Lipinski definition) is 3. The van der Waals surface area contributed by atoms with Crippen molar-refractivity contribution in [3.8, 4) is 0 Å². The first-order chi connectivity index (χ1) is 8.46. The molecular formula is C14H17NO3. The molecule has 0 saturated carbocycles. The average molecular weight is 247 g/mol. The van der Waals surface area contributed by atoms with Crippen molar-refractivity contribution >= 4 is 11.8 Å². The number of rotatable bonds is 0. The van der Waals surface area contributed by atoms with Gasteiger partial charge in [-0.2, -0.15) is 0 Å². The Morgan fingerprint density at radius 2 is 2.11 bits per heavy atom. The predicted molar refractivity (Wildman–Crippen MR) is 67.6 cm³/mol. The molecule has 96 valence electrons. The summed E-state index contributed by atoms with van der Waals surface area (Å²) in [6.45, 7) is 6.20. The van der Waals surface area contributed by atoms with Crippen molar-refractivity contribution in [1.82, 2.24) is 0 Å². The van der Waals surface area contributed by atoms with Crippen LogP contribution in [0.3, 0.4) is 0 Å². The Morgan fingerprint density at radius 1 is 1.39 bits per heavy atom. The molecule has 0 spiro atoms. The van der Waals surface area contributed by atoms with Gasteiger partial charge >= 0.3 is 6.09 Å². The molecule has 1 fully saturated rings. The second kappa shape index (κ2) is 3.72. The van der Waals surface area contributed by atoms with Gasteiger partial charge in [-0.05, 0) is 26.8 Å². The van der Waals surface area contributed by atoms with Gasteiger partial charge in [0.2, 0.25) is 0 Å². The summed E-state index contributed by atoms with van der Waals surface area (Å²) in [6, 6.07) is 7.85. The van der Waals surface area contributed by atoms with Crippen molar-refractivity contribution in [2.75, 3.05) is 11.4 Å². The summed E-state index contributed by atoms with van der Waals surface area (Å²) >= 11 is 0. The zero-order valence-corrected chi connectivity index (χ0v) is 10.8. The minimum Gasteiger partial charge on any atom is -0.443 e. The van der Waals surface area contributed by atoms with Crippen molar-refractivity contribution in [2.45, 2.75) is 38.6 Å². The molecule has 2 aliphatic heterocycles. The lowest BCUT2D eigenvalue weighted by molar-refractivity contribution is 0.0577. The van der Waals surface area contributed by atoms with Crippen molar-refractivity contribution in [3.63, 3.8) is 0 Å². The number of para-hydroxylation sites is 1. The molecule has 1 aromatic rings. The summed E-state index contributed by atoms with van der Waals surface area (Å²) in [5, 5.41) is 0. The Hall–Kier alpha value is -1.55. The maximum atomic E-state index is 12.2. The van der Waals surface area contributed by atoms with Crippen LogP contribution < -0.4 is 4.90 Å². The SMILES string of the molecule is CC(C)(C)OC(=O)N1C[C@@H]2O[C@H]2c2ccccc21. The van der Waals surface area contributed by atoms with Crippen LogP contribution >= 0.6 is 0 Å². The maximum absolute atomic E-state index is 12.2. The third-order valence-corrected chi connectivity index (χ3v) is 3.09. The van der Waals surface area contributed by atoms with Gasteiger partial charge < -0.3 is 9.47 Å². The average Bonchev–Trinajstić information content (AvgIpc) is 3.04. The highest BCUT2D eigenvalue weighted by Crippen LogP contribution is 2.47. The van der Waals surface area contributed by atoms with Gasteiger partial charge in [0.1, 0.15) is 17.8 Å². The van der Waals surface area contributed by atoms with Gasteiger partial charge in [-0.15, -0.1) is 0 Å². The smallest absolute Gasteiger partial charge is 0.414 e. The Balaban J connectivity index is 1.89. The van der Waals surface area contributed by atoms with Crippen LogP contribution in [0.1, 0.15) is 32.4 Å². The summed E-state index contributed by atoms with van der Waals surface area (Å²) < 4.78 is 11.0. The second-order valence-corrected chi connectivity index (χ2v) is 5.74. The van der Waals surface area contributed by atoms with Crippen LogP contribution in [0.15, 0.2) is 24.3 Å². The number of anilines is 1. The molecule has 0 aliphatic carbocycles. The highest BCUT2D eigenvalue weighted by Gasteiger charge is 2.48. The number of benzene rings is 1. The molecule has 18 heavy (non-hydrogen) atoms. The third-order valence-electron chi connectivity index (χ3n) is 3.09. The van der Waals surface area contributed by atoms with Crippen molar-refractivity contribution in [1.29, 1.82) is 0 Å². The van der Waals surface area contributed by atoms with Gasteiger partial charge in [0.25, 0.3) is 0 Å². The highest BCUT2D eigenvalue weighted by molar-refractivity contribution is 5.90. The molecule has 2 heterocycles. The lowest BCUT2D eigenvalue weighted by atomic mass is 10.0. The monoisotopic (exact) mass is 247 g/mol. The first kappa shape index (κ1) is 11.5. The fourth-order valence-electron chi connectivity index (χ4n) is 2.30. The summed E-state index contributed by atoms with van der Waals surface area (Å²) in [5.41, 5.74) is 1.51. The fourth-order valence-corrected chi connectivity index (χ4v) is 2.30. The number of carbonyl (C=O) groups is 1. The molecule has 1 amide bonds. The Kier molecular flexibility index (Phi) is 2.38. The van der Waals surface area contributed by atoms with Crippen LogP contribution in [0.2, 0.25) is 0 Å². The number of carbonyl (C=O) groups excluding carboxylic acids is 1. The summed E-state index contributed by atoms with van der Waals surface area (Å²) in [5.74, 6) is 0. The highest BCUT2D eigenvalue weighted by atomic mass is 16.6. The molecule has 0 bridgehead atoms. The van der Waals surface area contributed by atoms with E-state index in [9.17, 15) is 4.79 Å². The van der Waals surface area contributed by atoms with Crippen LogP contribution in [-0.4, -0.2) is 24.3 Å². The first-order valence-corrected chi connectivity index (χ1v) is 6.20. The third kappa shape index (κ3) is 1.97. The zero-order valence-electron chi connectivity index (χ0n) is 10.8. The molecular weight excluding hydrogens is 230 g/mol. The van der Waals surface area contributed by atoms with Crippen molar-refractivity contribution in [3.05, 3.63) is 29.8 Å². The quantitative estimate of drug-likeness (QED) is 0.662. The molecule has 0 aromatic heterocycles. The number of hydrogen-bond donors (Lipinski definition) is 0.